The Bertz CT molecular complexity index is 923. The zero-order valence-corrected chi connectivity index (χ0v) is 17.3. The lowest BCUT2D eigenvalue weighted by atomic mass is 10.1. The molecule has 2 aliphatic rings. The average Bonchev–Trinajstić information content (AvgIpc) is 3.44. The number of nitrogens with one attached hydrogen (secondary N) is 1. The summed E-state index contributed by atoms with van der Waals surface area (Å²) in [6.45, 7) is 0.0159. The van der Waals surface area contributed by atoms with Crippen LogP contribution in [0.2, 0.25) is 0 Å². The van der Waals surface area contributed by atoms with Gasteiger partial charge in [-0.2, -0.15) is 0 Å². The topological polar surface area (TPSA) is 84.9 Å². The van der Waals surface area contributed by atoms with Gasteiger partial charge in [0, 0.05) is 24.7 Å². The standard InChI is InChI=1S/C24H26N2O5/c27-22(25-18-10-12-21(13-11-18)31-20-8-2-1-3-9-20)16-30-24(29)17-14-23(28)26(15-17)19-6-4-5-7-19/h1-3,8-13,17,19H,4-7,14-16H2,(H,25,27)/t17-/m1/s1. The summed E-state index contributed by atoms with van der Waals surface area (Å²) in [6, 6.07) is 16.6. The predicted molar refractivity (Wildman–Crippen MR) is 115 cm³/mol. The summed E-state index contributed by atoms with van der Waals surface area (Å²) in [5, 5.41) is 2.69. The number of likely N-dealkylation sites (tertiary alicyclic amines) is 1. The van der Waals surface area contributed by atoms with Crippen LogP contribution in [-0.2, 0) is 19.1 Å². The molecule has 0 unspecified atom stereocenters. The molecule has 2 fully saturated rings. The minimum atomic E-state index is -0.490. The van der Waals surface area contributed by atoms with Crippen LogP contribution in [-0.4, -0.2) is 41.9 Å². The van der Waals surface area contributed by atoms with E-state index in [2.05, 4.69) is 5.32 Å². The molecule has 1 aliphatic heterocycles. The van der Waals surface area contributed by atoms with E-state index in [9.17, 15) is 14.4 Å². The van der Waals surface area contributed by atoms with Crippen LogP contribution in [0, 0.1) is 5.92 Å². The van der Waals surface area contributed by atoms with Crippen molar-refractivity contribution >= 4 is 23.5 Å². The van der Waals surface area contributed by atoms with Crippen LogP contribution in [0.1, 0.15) is 32.1 Å². The Morgan fingerprint density at radius 3 is 2.35 bits per heavy atom. The van der Waals surface area contributed by atoms with Crippen molar-refractivity contribution in [2.45, 2.75) is 38.1 Å². The Balaban J connectivity index is 1.22. The van der Waals surface area contributed by atoms with Crippen molar-refractivity contribution in [3.63, 3.8) is 0 Å². The van der Waals surface area contributed by atoms with E-state index in [0.717, 1.165) is 31.4 Å². The molecule has 1 aliphatic carbocycles. The van der Waals surface area contributed by atoms with Crippen molar-refractivity contribution in [2.75, 3.05) is 18.5 Å². The van der Waals surface area contributed by atoms with Crippen molar-refractivity contribution in [3.8, 4) is 11.5 Å². The Labute approximate surface area is 181 Å². The number of benzene rings is 2. The van der Waals surface area contributed by atoms with Gasteiger partial charge in [0.1, 0.15) is 11.5 Å². The van der Waals surface area contributed by atoms with Gasteiger partial charge in [-0.3, -0.25) is 14.4 Å². The number of esters is 1. The van der Waals surface area contributed by atoms with Crippen LogP contribution >= 0.6 is 0 Å². The van der Waals surface area contributed by atoms with Crippen LogP contribution in [0.3, 0.4) is 0 Å². The van der Waals surface area contributed by atoms with E-state index in [1.165, 1.54) is 0 Å². The molecule has 2 aromatic rings. The average molecular weight is 422 g/mol. The third-order valence-electron chi connectivity index (χ3n) is 5.72. The fourth-order valence-electron chi connectivity index (χ4n) is 4.14. The normalized spacial score (nSPS) is 18.8. The highest BCUT2D eigenvalue weighted by Gasteiger charge is 2.39. The van der Waals surface area contributed by atoms with Gasteiger partial charge in [-0.1, -0.05) is 31.0 Å². The summed E-state index contributed by atoms with van der Waals surface area (Å²) in [5.74, 6) is -0.0273. The van der Waals surface area contributed by atoms with E-state index in [-0.39, 0.29) is 25.0 Å². The number of carbonyl (C=O) groups is 3. The Kier molecular flexibility index (Phi) is 6.50. The molecule has 7 nitrogen and oxygen atoms in total. The molecule has 1 N–H and O–H groups in total. The third kappa shape index (κ3) is 5.42. The second-order valence-electron chi connectivity index (χ2n) is 7.98. The van der Waals surface area contributed by atoms with Gasteiger partial charge in [-0.25, -0.2) is 0 Å². The molecule has 31 heavy (non-hydrogen) atoms. The number of nitrogens with zero attached hydrogens (tertiary/aromatic N) is 1. The molecule has 0 spiro atoms. The number of hydrogen-bond acceptors (Lipinski definition) is 5. The maximum Gasteiger partial charge on any atom is 0.311 e. The molecule has 1 heterocycles. The van der Waals surface area contributed by atoms with Gasteiger partial charge < -0.3 is 19.7 Å². The van der Waals surface area contributed by atoms with Gasteiger partial charge in [0.2, 0.25) is 5.91 Å². The van der Waals surface area contributed by atoms with E-state index >= 15 is 0 Å². The highest BCUT2D eigenvalue weighted by atomic mass is 16.5. The van der Waals surface area contributed by atoms with Crippen molar-refractivity contribution in [2.24, 2.45) is 5.92 Å². The minimum Gasteiger partial charge on any atom is -0.457 e. The molecule has 1 saturated heterocycles. The smallest absolute Gasteiger partial charge is 0.311 e. The monoisotopic (exact) mass is 422 g/mol. The van der Waals surface area contributed by atoms with Crippen molar-refractivity contribution in [1.29, 1.82) is 0 Å². The van der Waals surface area contributed by atoms with Gasteiger partial charge >= 0.3 is 5.97 Å². The molecule has 0 radical (unpaired) electrons. The molecule has 162 valence electrons. The third-order valence-corrected chi connectivity index (χ3v) is 5.72. The molecule has 0 aromatic heterocycles. The summed E-state index contributed by atoms with van der Waals surface area (Å²) in [5.41, 5.74) is 0.574. The first-order valence-electron chi connectivity index (χ1n) is 10.7. The highest BCUT2D eigenvalue weighted by molar-refractivity contribution is 5.93. The van der Waals surface area contributed by atoms with Crippen LogP contribution < -0.4 is 10.1 Å². The molecular formula is C24H26N2O5. The van der Waals surface area contributed by atoms with E-state index < -0.39 is 17.8 Å². The van der Waals surface area contributed by atoms with Crippen molar-refractivity contribution < 1.29 is 23.9 Å². The maximum absolute atomic E-state index is 12.3. The zero-order chi connectivity index (χ0) is 21.6. The molecular weight excluding hydrogens is 396 g/mol. The summed E-state index contributed by atoms with van der Waals surface area (Å²) >= 11 is 0. The fraction of sp³-hybridized carbons (Fsp3) is 0.375. The van der Waals surface area contributed by atoms with Gasteiger partial charge in [0.25, 0.3) is 5.91 Å². The number of ether oxygens (including phenoxy) is 2. The number of rotatable bonds is 7. The van der Waals surface area contributed by atoms with Crippen LogP contribution in [0.5, 0.6) is 11.5 Å². The first kappa shape index (κ1) is 20.9. The van der Waals surface area contributed by atoms with Gasteiger partial charge in [0.05, 0.1) is 5.92 Å². The molecule has 1 saturated carbocycles. The lowest BCUT2D eigenvalue weighted by Gasteiger charge is -2.23. The lowest BCUT2D eigenvalue weighted by Crippen LogP contribution is -2.35. The van der Waals surface area contributed by atoms with Crippen LogP contribution in [0.4, 0.5) is 5.69 Å². The van der Waals surface area contributed by atoms with Crippen LogP contribution in [0.15, 0.2) is 54.6 Å². The minimum absolute atomic E-state index is 0.0103. The van der Waals surface area contributed by atoms with Gasteiger partial charge in [-0.05, 0) is 49.2 Å². The summed E-state index contributed by atoms with van der Waals surface area (Å²) < 4.78 is 10.9. The molecule has 0 bridgehead atoms. The predicted octanol–water partition coefficient (Wildman–Crippen LogP) is 3.75. The second-order valence-corrected chi connectivity index (χ2v) is 7.98. The summed E-state index contributed by atoms with van der Waals surface area (Å²) in [4.78, 5) is 38.5. The van der Waals surface area contributed by atoms with E-state index in [1.54, 1.807) is 24.3 Å². The number of amides is 2. The number of anilines is 1. The largest absolute Gasteiger partial charge is 0.457 e. The Morgan fingerprint density at radius 2 is 1.65 bits per heavy atom. The Morgan fingerprint density at radius 1 is 0.968 bits per heavy atom. The lowest BCUT2D eigenvalue weighted by molar-refractivity contribution is -0.151. The number of hydrogen-bond donors (Lipinski definition) is 1. The number of para-hydroxylation sites is 1. The SMILES string of the molecule is O=C(COC(=O)[C@@H]1CC(=O)N(C2CCCC2)C1)Nc1ccc(Oc2ccccc2)cc1. The van der Waals surface area contributed by atoms with Crippen molar-refractivity contribution in [1.82, 2.24) is 4.90 Å². The van der Waals surface area contributed by atoms with Gasteiger partial charge in [-0.15, -0.1) is 0 Å². The Hall–Kier alpha value is -3.35. The number of carbonyl (C=O) groups excluding carboxylic acids is 3. The van der Waals surface area contributed by atoms with Gasteiger partial charge in [0.15, 0.2) is 6.61 Å². The molecule has 4 rings (SSSR count). The second kappa shape index (κ2) is 9.64. The molecule has 2 aromatic carbocycles. The fourth-order valence-corrected chi connectivity index (χ4v) is 4.14. The summed E-state index contributed by atoms with van der Waals surface area (Å²) in [6.07, 6.45) is 4.43. The van der Waals surface area contributed by atoms with E-state index in [4.69, 9.17) is 9.47 Å². The van der Waals surface area contributed by atoms with E-state index in [0.29, 0.717) is 18.0 Å². The quantitative estimate of drug-likeness (QED) is 0.687. The van der Waals surface area contributed by atoms with Crippen molar-refractivity contribution in [3.05, 3.63) is 54.6 Å². The van der Waals surface area contributed by atoms with Crippen LogP contribution in [0.25, 0.3) is 0 Å². The first-order chi connectivity index (χ1) is 15.1. The summed E-state index contributed by atoms with van der Waals surface area (Å²) in [7, 11) is 0. The zero-order valence-electron chi connectivity index (χ0n) is 17.3. The maximum atomic E-state index is 12.3. The molecule has 7 heteroatoms. The van der Waals surface area contributed by atoms with E-state index in [1.807, 2.05) is 35.2 Å². The first-order valence-corrected chi connectivity index (χ1v) is 10.7. The molecule has 2 amide bonds. The highest BCUT2D eigenvalue weighted by Crippen LogP contribution is 2.30. The molecule has 1 atom stereocenters.